The predicted octanol–water partition coefficient (Wildman–Crippen LogP) is 5.13. The number of hydrogen-bond donors (Lipinski definition) is 1. The minimum Gasteiger partial charge on any atom is -0.495 e. The van der Waals surface area contributed by atoms with Gasteiger partial charge in [-0.1, -0.05) is 61.3 Å². The molecule has 3 nitrogen and oxygen atoms in total. The third-order valence-corrected chi connectivity index (χ3v) is 5.09. The largest absolute Gasteiger partial charge is 0.495 e. The third-order valence-electron chi connectivity index (χ3n) is 4.33. The molecule has 0 saturated heterocycles. The Bertz CT molecular complexity index is 670. The highest BCUT2D eigenvalue weighted by atomic mass is 35.5. The van der Waals surface area contributed by atoms with E-state index in [9.17, 15) is 0 Å². The van der Waals surface area contributed by atoms with E-state index in [1.807, 2.05) is 6.07 Å². The summed E-state index contributed by atoms with van der Waals surface area (Å²) in [6.45, 7) is 8.87. The molecule has 0 atom stereocenters. The molecule has 0 aromatic heterocycles. The first kappa shape index (κ1) is 20.1. The number of methoxy groups -OCH3 is 1. The number of rotatable bonds is 9. The van der Waals surface area contributed by atoms with Gasteiger partial charge in [0.15, 0.2) is 0 Å². The molecule has 0 aliphatic carbocycles. The monoisotopic (exact) mass is 380 g/mol. The maximum Gasteiger partial charge on any atom is 0.137 e. The van der Waals surface area contributed by atoms with E-state index in [4.69, 9.17) is 27.9 Å². The fourth-order valence-corrected chi connectivity index (χ4v) is 3.28. The first-order valence-electron chi connectivity index (χ1n) is 8.60. The van der Waals surface area contributed by atoms with Gasteiger partial charge in [-0.15, -0.1) is 0 Å². The Kier molecular flexibility index (Phi) is 8.04. The standard InChI is InChI=1S/C20H26Cl2N2O/c1-4-24(5-2)14-16-8-6-15(7-9-16)12-23-13-17-18(21)10-11-19(25-3)20(17)22/h6-11,23H,4-5,12-14H2,1-3H3. The molecule has 0 spiro atoms. The van der Waals surface area contributed by atoms with Crippen molar-refractivity contribution in [1.29, 1.82) is 0 Å². The summed E-state index contributed by atoms with van der Waals surface area (Å²) in [7, 11) is 1.60. The SMILES string of the molecule is CCN(CC)Cc1ccc(CNCc2c(Cl)ccc(OC)c2Cl)cc1. The molecule has 1 N–H and O–H groups in total. The van der Waals surface area contributed by atoms with E-state index in [0.717, 1.165) is 31.7 Å². The molecule has 0 aliphatic rings. The minimum absolute atomic E-state index is 0.567. The van der Waals surface area contributed by atoms with Crippen molar-refractivity contribution < 1.29 is 4.74 Å². The lowest BCUT2D eigenvalue weighted by Gasteiger charge is -2.18. The second kappa shape index (κ2) is 10.0. The molecule has 0 radical (unpaired) electrons. The fraction of sp³-hybridized carbons (Fsp3) is 0.400. The second-order valence-electron chi connectivity index (χ2n) is 5.92. The molecular weight excluding hydrogens is 355 g/mol. The maximum absolute atomic E-state index is 6.34. The number of nitrogens with zero attached hydrogens (tertiary/aromatic N) is 1. The summed E-state index contributed by atoms with van der Waals surface area (Å²) in [5.41, 5.74) is 3.44. The molecule has 0 unspecified atom stereocenters. The molecule has 5 heteroatoms. The molecule has 0 heterocycles. The van der Waals surface area contributed by atoms with Crippen molar-refractivity contribution in [1.82, 2.24) is 10.2 Å². The van der Waals surface area contributed by atoms with Crippen molar-refractivity contribution in [2.24, 2.45) is 0 Å². The number of hydrogen-bond acceptors (Lipinski definition) is 3. The molecule has 2 aromatic carbocycles. The van der Waals surface area contributed by atoms with Gasteiger partial charge in [-0.3, -0.25) is 4.90 Å². The molecule has 0 fully saturated rings. The van der Waals surface area contributed by atoms with Crippen LogP contribution in [-0.4, -0.2) is 25.1 Å². The van der Waals surface area contributed by atoms with E-state index in [1.165, 1.54) is 11.1 Å². The van der Waals surface area contributed by atoms with E-state index in [0.29, 0.717) is 22.3 Å². The first-order chi connectivity index (χ1) is 12.1. The Morgan fingerprint density at radius 1 is 0.920 bits per heavy atom. The normalized spacial score (nSPS) is 11.1. The molecule has 2 rings (SSSR count). The van der Waals surface area contributed by atoms with Crippen molar-refractivity contribution in [3.63, 3.8) is 0 Å². The van der Waals surface area contributed by atoms with Crippen LogP contribution in [0.4, 0.5) is 0 Å². The Morgan fingerprint density at radius 2 is 1.56 bits per heavy atom. The Labute approximate surface area is 160 Å². The molecule has 0 aliphatic heterocycles. The van der Waals surface area contributed by atoms with Gasteiger partial charge < -0.3 is 10.1 Å². The zero-order chi connectivity index (χ0) is 18.2. The summed E-state index contributed by atoms with van der Waals surface area (Å²) in [4.78, 5) is 2.40. The second-order valence-corrected chi connectivity index (χ2v) is 6.71. The lowest BCUT2D eigenvalue weighted by Crippen LogP contribution is -2.22. The molecule has 25 heavy (non-hydrogen) atoms. The Balaban J connectivity index is 1.92. The smallest absolute Gasteiger partial charge is 0.137 e. The van der Waals surface area contributed by atoms with Crippen LogP contribution < -0.4 is 10.1 Å². The zero-order valence-corrected chi connectivity index (χ0v) is 16.6. The van der Waals surface area contributed by atoms with Gasteiger partial charge in [-0.05, 0) is 36.3 Å². The third kappa shape index (κ3) is 5.61. The van der Waals surface area contributed by atoms with Gasteiger partial charge in [0.25, 0.3) is 0 Å². The average molecular weight is 381 g/mol. The summed E-state index contributed by atoms with van der Waals surface area (Å²) in [5.74, 6) is 0.642. The van der Waals surface area contributed by atoms with Crippen LogP contribution in [0, 0.1) is 0 Å². The van der Waals surface area contributed by atoms with E-state index in [-0.39, 0.29) is 0 Å². The number of benzene rings is 2. The summed E-state index contributed by atoms with van der Waals surface area (Å²) < 4.78 is 5.25. The van der Waals surface area contributed by atoms with Crippen LogP contribution in [0.2, 0.25) is 10.0 Å². The van der Waals surface area contributed by atoms with Gasteiger partial charge in [0.05, 0.1) is 12.1 Å². The van der Waals surface area contributed by atoms with Crippen LogP contribution in [0.1, 0.15) is 30.5 Å². The lowest BCUT2D eigenvalue weighted by atomic mass is 10.1. The Hall–Kier alpha value is -1.26. The predicted molar refractivity (Wildman–Crippen MR) is 107 cm³/mol. The van der Waals surface area contributed by atoms with Gasteiger partial charge in [-0.2, -0.15) is 0 Å². The van der Waals surface area contributed by atoms with Crippen LogP contribution in [0.5, 0.6) is 5.75 Å². The summed E-state index contributed by atoms with van der Waals surface area (Å²) in [5, 5.41) is 4.61. The topological polar surface area (TPSA) is 24.5 Å². The van der Waals surface area contributed by atoms with Gasteiger partial charge in [0.2, 0.25) is 0 Å². The number of halogens is 2. The van der Waals surface area contributed by atoms with E-state index < -0.39 is 0 Å². The summed E-state index contributed by atoms with van der Waals surface area (Å²) in [6.07, 6.45) is 0. The van der Waals surface area contributed by atoms with Crippen LogP contribution >= 0.6 is 23.2 Å². The molecule has 2 aromatic rings. The summed E-state index contributed by atoms with van der Waals surface area (Å²) >= 11 is 12.6. The molecular formula is C20H26Cl2N2O. The molecule has 0 saturated carbocycles. The highest BCUT2D eigenvalue weighted by molar-refractivity contribution is 6.36. The maximum atomic E-state index is 6.34. The first-order valence-corrected chi connectivity index (χ1v) is 9.36. The lowest BCUT2D eigenvalue weighted by molar-refractivity contribution is 0.296. The van der Waals surface area contributed by atoms with Crippen molar-refractivity contribution >= 4 is 23.2 Å². The van der Waals surface area contributed by atoms with E-state index >= 15 is 0 Å². The molecule has 0 amide bonds. The fourth-order valence-electron chi connectivity index (χ4n) is 2.70. The zero-order valence-electron chi connectivity index (χ0n) is 15.1. The van der Waals surface area contributed by atoms with E-state index in [2.05, 4.69) is 48.3 Å². The van der Waals surface area contributed by atoms with Crippen LogP contribution in [0.3, 0.4) is 0 Å². The van der Waals surface area contributed by atoms with E-state index in [1.54, 1.807) is 13.2 Å². The van der Waals surface area contributed by atoms with Crippen molar-refractivity contribution in [2.45, 2.75) is 33.5 Å². The summed E-state index contributed by atoms with van der Waals surface area (Å²) in [6, 6.07) is 12.3. The van der Waals surface area contributed by atoms with Crippen molar-refractivity contribution in [3.05, 3.63) is 63.1 Å². The molecule has 136 valence electrons. The van der Waals surface area contributed by atoms with Gasteiger partial charge in [-0.25, -0.2) is 0 Å². The average Bonchev–Trinajstić information content (AvgIpc) is 2.63. The highest BCUT2D eigenvalue weighted by Crippen LogP contribution is 2.33. The molecule has 0 bridgehead atoms. The van der Waals surface area contributed by atoms with Crippen molar-refractivity contribution in [3.8, 4) is 5.75 Å². The van der Waals surface area contributed by atoms with Crippen molar-refractivity contribution in [2.75, 3.05) is 20.2 Å². The quantitative estimate of drug-likeness (QED) is 0.652. The van der Waals surface area contributed by atoms with Gasteiger partial charge in [0.1, 0.15) is 5.75 Å². The Morgan fingerprint density at radius 3 is 2.16 bits per heavy atom. The highest BCUT2D eigenvalue weighted by Gasteiger charge is 2.11. The number of nitrogens with one attached hydrogen (secondary N) is 1. The van der Waals surface area contributed by atoms with Crippen LogP contribution in [0.15, 0.2) is 36.4 Å². The minimum atomic E-state index is 0.567. The van der Waals surface area contributed by atoms with Gasteiger partial charge >= 0.3 is 0 Å². The van der Waals surface area contributed by atoms with Gasteiger partial charge in [0, 0.05) is 30.2 Å². The van der Waals surface area contributed by atoms with Crippen LogP contribution in [0.25, 0.3) is 0 Å². The van der Waals surface area contributed by atoms with Crippen LogP contribution in [-0.2, 0) is 19.6 Å². The number of ether oxygens (including phenoxy) is 1.